The number of carboxylic acid groups (broad SMARTS) is 2. The Kier molecular flexibility index (Phi) is 24.3. The summed E-state index contributed by atoms with van der Waals surface area (Å²) in [5.74, 6) is 0. The van der Waals surface area contributed by atoms with E-state index in [1.54, 1.807) is 0 Å². The smallest absolute Gasteiger partial charge is 1.00 e. The van der Waals surface area contributed by atoms with Gasteiger partial charge in [-0.1, -0.05) is 0 Å². The first-order valence-corrected chi connectivity index (χ1v) is 0.651. The predicted molar refractivity (Wildman–Crippen MR) is 11.8 cm³/mol. The van der Waals surface area contributed by atoms with Crippen LogP contribution in [0.2, 0.25) is 0 Å². The van der Waals surface area contributed by atoms with Crippen molar-refractivity contribution in [3.63, 3.8) is 0 Å². The Bertz CT molecular complexity index is 37.9. The summed E-state index contributed by atoms with van der Waals surface area (Å²) in [7, 11) is 0. The van der Waals surface area contributed by atoms with Gasteiger partial charge in [-0.15, -0.1) is 0 Å². The van der Waals surface area contributed by atoms with E-state index in [0.717, 1.165) is 0 Å². The molecule has 0 amide bonds. The first-order chi connectivity index (χ1) is 1.73. The molecule has 0 aliphatic heterocycles. The summed E-state index contributed by atoms with van der Waals surface area (Å²) in [6.45, 7) is 0. The molecule has 0 heterocycles. The second-order valence-electron chi connectivity index (χ2n) is 0.283. The molecule has 0 saturated heterocycles. The summed E-state index contributed by atoms with van der Waals surface area (Å²) in [4.78, 5) is 8.56. The fourth-order valence-electron chi connectivity index (χ4n) is 0. The number of hydrogen-bond donors (Lipinski definition) is 2. The van der Waals surface area contributed by atoms with Crippen molar-refractivity contribution in [1.82, 2.24) is 0 Å². The zero-order valence-electron chi connectivity index (χ0n) is 4.30. The van der Waals surface area contributed by atoms with Gasteiger partial charge >= 0.3 is 25.0 Å². The fourth-order valence-corrected chi connectivity index (χ4v) is 0. The maximum atomic E-state index is 8.56. The largest absolute Gasteiger partial charge is 1.00 e. The van der Waals surface area contributed by atoms with Crippen molar-refractivity contribution in [2.24, 2.45) is 0 Å². The first kappa shape index (κ1) is 16.0. The third-order valence-corrected chi connectivity index (χ3v) is 0. The van der Waals surface area contributed by atoms with Crippen molar-refractivity contribution < 1.29 is 57.0 Å². The Balaban J connectivity index is -0.0000000150. The summed E-state index contributed by atoms with van der Waals surface area (Å²) in [5, 5.41) is 13.9. The molecule has 0 aromatic carbocycles. The average Bonchev–Trinajstić information content (AvgIpc) is 0.811. The Morgan fingerprint density at radius 1 is 1.50 bits per heavy atom. The zero-order valence-corrected chi connectivity index (χ0v) is 4.86. The van der Waals surface area contributed by atoms with E-state index in [1.165, 1.54) is 0 Å². The Labute approximate surface area is 63.3 Å². The van der Waals surface area contributed by atoms with E-state index in [-0.39, 0.29) is 42.0 Å². The summed E-state index contributed by atoms with van der Waals surface area (Å²) in [6, 6.07) is 0. The Morgan fingerprint density at radius 2 is 1.50 bits per heavy atom. The molecular formula is CH3LiO3Ti. The van der Waals surface area contributed by atoms with Crippen LogP contribution in [-0.4, -0.2) is 16.4 Å². The van der Waals surface area contributed by atoms with Crippen LogP contribution in [0.5, 0.6) is 0 Å². The number of carbonyl (C=O) groups is 1. The van der Waals surface area contributed by atoms with Gasteiger partial charge in [0.05, 0.1) is 0 Å². The van der Waals surface area contributed by atoms with Gasteiger partial charge in [-0.2, -0.15) is 0 Å². The summed E-state index contributed by atoms with van der Waals surface area (Å²) in [5.41, 5.74) is 0. The third kappa shape index (κ3) is 174. The van der Waals surface area contributed by atoms with E-state index in [1.807, 2.05) is 0 Å². The van der Waals surface area contributed by atoms with Gasteiger partial charge < -0.3 is 11.6 Å². The maximum absolute atomic E-state index is 8.56. The van der Waals surface area contributed by atoms with Gasteiger partial charge in [-0.25, -0.2) is 4.79 Å². The number of rotatable bonds is 0. The minimum Gasteiger partial charge on any atom is -1.00 e. The Morgan fingerprint density at radius 3 is 1.50 bits per heavy atom. The zero-order chi connectivity index (χ0) is 3.58. The van der Waals surface area contributed by atoms with Gasteiger partial charge in [0, 0.05) is 21.7 Å². The van der Waals surface area contributed by atoms with Gasteiger partial charge in [-0.3, -0.25) is 0 Å². The van der Waals surface area contributed by atoms with Crippen molar-refractivity contribution in [3.05, 3.63) is 0 Å². The van der Waals surface area contributed by atoms with Crippen LogP contribution in [0.25, 0.3) is 0 Å². The van der Waals surface area contributed by atoms with Crippen LogP contribution in [0.3, 0.4) is 0 Å². The van der Waals surface area contributed by atoms with Crippen LogP contribution in [-0.2, 0) is 21.7 Å². The normalized spacial score (nSPS) is 4.00. The molecular weight excluding hydrogens is 115 g/mol. The molecule has 0 bridgehead atoms. The molecule has 6 heavy (non-hydrogen) atoms. The van der Waals surface area contributed by atoms with E-state index in [0.29, 0.717) is 0 Å². The second kappa shape index (κ2) is 9.13. The van der Waals surface area contributed by atoms with E-state index in [2.05, 4.69) is 0 Å². The molecule has 3 nitrogen and oxygen atoms in total. The molecule has 0 aliphatic carbocycles. The standard InChI is InChI=1S/CH2O3.Li.Ti.H/c2-1(3)4;;;/h(H2,2,3,4);;;/q;+1;;-1. The number of hydrogen-bond acceptors (Lipinski definition) is 1. The Hall–Kier alpha value is 0.582. The van der Waals surface area contributed by atoms with Crippen LogP contribution >= 0.6 is 0 Å². The average molecular weight is 118 g/mol. The monoisotopic (exact) mass is 118 g/mol. The molecule has 0 unspecified atom stereocenters. The van der Waals surface area contributed by atoms with Gasteiger partial charge in [0.1, 0.15) is 0 Å². The predicted octanol–water partition coefficient (Wildman–Crippen LogP) is -2.66. The molecule has 0 spiro atoms. The fraction of sp³-hybridized carbons (Fsp3) is 0. The van der Waals surface area contributed by atoms with Crippen molar-refractivity contribution in [2.75, 3.05) is 0 Å². The second-order valence-corrected chi connectivity index (χ2v) is 0.283. The van der Waals surface area contributed by atoms with Gasteiger partial charge in [0.25, 0.3) is 0 Å². The van der Waals surface area contributed by atoms with Crippen molar-refractivity contribution in [2.45, 2.75) is 0 Å². The van der Waals surface area contributed by atoms with Crippen LogP contribution in [0.4, 0.5) is 4.79 Å². The first-order valence-electron chi connectivity index (χ1n) is 0.651. The summed E-state index contributed by atoms with van der Waals surface area (Å²) in [6.07, 6.45) is -1.83. The van der Waals surface area contributed by atoms with Crippen LogP contribution in [0.1, 0.15) is 1.43 Å². The summed E-state index contributed by atoms with van der Waals surface area (Å²) < 4.78 is 0. The molecule has 0 radical (unpaired) electrons. The third-order valence-electron chi connectivity index (χ3n) is 0. The van der Waals surface area contributed by atoms with Gasteiger partial charge in [0.2, 0.25) is 0 Å². The van der Waals surface area contributed by atoms with Crippen LogP contribution in [0.15, 0.2) is 0 Å². The van der Waals surface area contributed by atoms with Crippen LogP contribution in [0, 0.1) is 0 Å². The van der Waals surface area contributed by atoms with Crippen molar-refractivity contribution in [1.29, 1.82) is 0 Å². The molecule has 0 aliphatic rings. The maximum Gasteiger partial charge on any atom is 1.00 e. The van der Waals surface area contributed by atoms with Crippen LogP contribution < -0.4 is 18.9 Å². The quantitative estimate of drug-likeness (QED) is 0.341. The van der Waals surface area contributed by atoms with E-state index >= 15 is 0 Å². The molecule has 5 heteroatoms. The SMILES string of the molecule is O=C(O)O.[H-].[Li+].[Ti]. The summed E-state index contributed by atoms with van der Waals surface area (Å²) >= 11 is 0. The molecule has 0 saturated carbocycles. The van der Waals surface area contributed by atoms with E-state index < -0.39 is 6.16 Å². The van der Waals surface area contributed by atoms with E-state index in [4.69, 9.17) is 15.0 Å². The molecule has 0 fully saturated rings. The molecule has 0 rings (SSSR count). The minimum absolute atomic E-state index is 0. The topological polar surface area (TPSA) is 57.5 Å². The minimum atomic E-state index is -1.83. The van der Waals surface area contributed by atoms with Crippen molar-refractivity contribution >= 4 is 6.16 Å². The molecule has 0 aromatic heterocycles. The molecule has 30 valence electrons. The van der Waals surface area contributed by atoms with Crippen molar-refractivity contribution in [3.8, 4) is 0 Å². The van der Waals surface area contributed by atoms with Gasteiger partial charge in [-0.05, 0) is 0 Å². The molecule has 2 N–H and O–H groups in total. The molecule has 0 aromatic rings. The molecule has 0 atom stereocenters. The van der Waals surface area contributed by atoms with E-state index in [9.17, 15) is 0 Å². The van der Waals surface area contributed by atoms with Gasteiger partial charge in [0.15, 0.2) is 0 Å².